The third kappa shape index (κ3) is 7.77. The molecule has 0 spiro atoms. The summed E-state index contributed by atoms with van der Waals surface area (Å²) in [5.41, 5.74) is 0. The first-order valence-electron chi connectivity index (χ1n) is 6.37. The van der Waals surface area contributed by atoms with Gasteiger partial charge in [0.1, 0.15) is 0 Å². The van der Waals surface area contributed by atoms with Crippen molar-refractivity contribution in [2.45, 2.75) is 27.2 Å². The lowest BCUT2D eigenvalue weighted by Gasteiger charge is -2.25. The normalized spacial score (nSPS) is 11.6. The maximum absolute atomic E-state index is 3.20. The van der Waals surface area contributed by atoms with Gasteiger partial charge in [-0.25, -0.2) is 0 Å². The van der Waals surface area contributed by atoms with Crippen LogP contribution in [-0.4, -0.2) is 62.7 Å². The molecule has 0 atom stereocenters. The number of nitrogens with one attached hydrogen (secondary N) is 1. The van der Waals surface area contributed by atoms with Crippen LogP contribution in [0.25, 0.3) is 0 Å². The summed E-state index contributed by atoms with van der Waals surface area (Å²) in [6, 6.07) is 0. The highest BCUT2D eigenvalue weighted by molar-refractivity contribution is 4.60. The summed E-state index contributed by atoms with van der Waals surface area (Å²) in [7, 11) is 2.02. The average molecular weight is 215 g/mol. The number of rotatable bonds is 10. The number of hydrogen-bond donors (Lipinski definition) is 1. The third-order valence-corrected chi connectivity index (χ3v) is 2.98. The summed E-state index contributed by atoms with van der Waals surface area (Å²) >= 11 is 0. The largest absolute Gasteiger partial charge is 0.320 e. The van der Waals surface area contributed by atoms with Crippen molar-refractivity contribution in [2.24, 2.45) is 0 Å². The molecule has 0 aliphatic heterocycles. The first-order valence-corrected chi connectivity index (χ1v) is 6.37. The van der Waals surface area contributed by atoms with E-state index in [0.717, 1.165) is 6.54 Å². The van der Waals surface area contributed by atoms with Crippen LogP contribution >= 0.6 is 0 Å². The molecule has 92 valence electrons. The van der Waals surface area contributed by atoms with Crippen molar-refractivity contribution >= 4 is 0 Å². The molecule has 0 aliphatic carbocycles. The topological polar surface area (TPSA) is 18.5 Å². The minimum absolute atomic E-state index is 1.13. The second-order valence-corrected chi connectivity index (χ2v) is 3.92. The van der Waals surface area contributed by atoms with Crippen LogP contribution in [0.2, 0.25) is 0 Å². The van der Waals surface area contributed by atoms with E-state index in [0.29, 0.717) is 0 Å². The highest BCUT2D eigenvalue weighted by Crippen LogP contribution is 1.93. The predicted octanol–water partition coefficient (Wildman–Crippen LogP) is 1.26. The monoisotopic (exact) mass is 215 g/mol. The second-order valence-electron chi connectivity index (χ2n) is 3.92. The molecule has 0 aromatic heterocycles. The van der Waals surface area contributed by atoms with Crippen molar-refractivity contribution in [1.29, 1.82) is 0 Å². The van der Waals surface area contributed by atoms with Crippen molar-refractivity contribution < 1.29 is 0 Å². The molecule has 0 unspecified atom stereocenters. The van der Waals surface area contributed by atoms with Gasteiger partial charge < -0.3 is 15.1 Å². The minimum Gasteiger partial charge on any atom is -0.320 e. The van der Waals surface area contributed by atoms with Gasteiger partial charge in [0.2, 0.25) is 0 Å². The first-order chi connectivity index (χ1) is 7.28. The quantitative estimate of drug-likeness (QED) is 0.554. The molecule has 0 saturated carbocycles. The van der Waals surface area contributed by atoms with Crippen LogP contribution in [-0.2, 0) is 0 Å². The van der Waals surface area contributed by atoms with Crippen molar-refractivity contribution in [3.63, 3.8) is 0 Å². The van der Waals surface area contributed by atoms with E-state index in [4.69, 9.17) is 0 Å². The molecule has 0 rings (SSSR count). The smallest absolute Gasteiger partial charge is 0.0109 e. The Bertz CT molecular complexity index is 124. The van der Waals surface area contributed by atoms with Crippen LogP contribution in [0.3, 0.4) is 0 Å². The summed E-state index contributed by atoms with van der Waals surface area (Å²) in [6.07, 6.45) is 1.25. The van der Waals surface area contributed by atoms with Crippen LogP contribution in [0.1, 0.15) is 27.2 Å². The van der Waals surface area contributed by atoms with E-state index in [1.807, 2.05) is 7.05 Å². The molecule has 0 aliphatic rings. The number of likely N-dealkylation sites (N-methyl/N-ethyl adjacent to an activating group) is 2. The van der Waals surface area contributed by atoms with E-state index < -0.39 is 0 Å². The van der Waals surface area contributed by atoms with Crippen LogP contribution in [0.4, 0.5) is 0 Å². The molecule has 3 nitrogen and oxygen atoms in total. The fraction of sp³-hybridized carbons (Fsp3) is 1.00. The SMILES string of the molecule is CCN(CC)CCN(CC)CCCNC. The summed E-state index contributed by atoms with van der Waals surface area (Å²) in [4.78, 5) is 5.02. The fourth-order valence-electron chi connectivity index (χ4n) is 1.73. The molecule has 0 heterocycles. The van der Waals surface area contributed by atoms with E-state index in [1.165, 1.54) is 45.7 Å². The number of nitrogens with zero attached hydrogens (tertiary/aromatic N) is 2. The maximum Gasteiger partial charge on any atom is 0.0109 e. The van der Waals surface area contributed by atoms with Crippen molar-refractivity contribution in [3.05, 3.63) is 0 Å². The summed E-state index contributed by atoms with van der Waals surface area (Å²) in [5.74, 6) is 0. The molecule has 0 aromatic carbocycles. The van der Waals surface area contributed by atoms with Crippen LogP contribution < -0.4 is 5.32 Å². The van der Waals surface area contributed by atoms with Gasteiger partial charge in [0.05, 0.1) is 0 Å². The molecule has 0 bridgehead atoms. The first kappa shape index (κ1) is 14.9. The van der Waals surface area contributed by atoms with Crippen molar-refractivity contribution in [1.82, 2.24) is 15.1 Å². The number of hydrogen-bond acceptors (Lipinski definition) is 3. The predicted molar refractivity (Wildman–Crippen MR) is 68.4 cm³/mol. The van der Waals surface area contributed by atoms with Crippen molar-refractivity contribution in [3.8, 4) is 0 Å². The Kier molecular flexibility index (Phi) is 10.3. The minimum atomic E-state index is 1.13. The Labute approximate surface area is 95.8 Å². The zero-order valence-electron chi connectivity index (χ0n) is 11.1. The third-order valence-electron chi connectivity index (χ3n) is 2.98. The molecule has 3 heteroatoms. The molecule has 0 radical (unpaired) electrons. The van der Waals surface area contributed by atoms with E-state index in [2.05, 4.69) is 35.9 Å². The molecule has 0 amide bonds. The van der Waals surface area contributed by atoms with E-state index in [1.54, 1.807) is 0 Å². The summed E-state index contributed by atoms with van der Waals surface area (Å²) < 4.78 is 0. The molecule has 0 aromatic rings. The molecule has 0 fully saturated rings. The van der Waals surface area contributed by atoms with Gasteiger partial charge in [0, 0.05) is 13.1 Å². The van der Waals surface area contributed by atoms with E-state index in [9.17, 15) is 0 Å². The lowest BCUT2D eigenvalue weighted by atomic mass is 10.3. The van der Waals surface area contributed by atoms with Gasteiger partial charge in [-0.05, 0) is 46.2 Å². The second kappa shape index (κ2) is 10.4. The highest BCUT2D eigenvalue weighted by Gasteiger charge is 2.04. The fourth-order valence-corrected chi connectivity index (χ4v) is 1.73. The van der Waals surface area contributed by atoms with Gasteiger partial charge in [0.25, 0.3) is 0 Å². The highest BCUT2D eigenvalue weighted by atomic mass is 15.2. The van der Waals surface area contributed by atoms with Gasteiger partial charge in [-0.15, -0.1) is 0 Å². The van der Waals surface area contributed by atoms with Gasteiger partial charge in [-0.2, -0.15) is 0 Å². The zero-order valence-corrected chi connectivity index (χ0v) is 11.1. The molecule has 1 N–H and O–H groups in total. The van der Waals surface area contributed by atoms with Crippen LogP contribution in [0, 0.1) is 0 Å². The van der Waals surface area contributed by atoms with Crippen LogP contribution in [0.5, 0.6) is 0 Å². The van der Waals surface area contributed by atoms with E-state index in [-0.39, 0.29) is 0 Å². The average Bonchev–Trinajstić information content (AvgIpc) is 2.28. The van der Waals surface area contributed by atoms with Crippen LogP contribution in [0.15, 0.2) is 0 Å². The van der Waals surface area contributed by atoms with Gasteiger partial charge in [0.15, 0.2) is 0 Å². The summed E-state index contributed by atoms with van der Waals surface area (Å²) in [5, 5.41) is 3.20. The summed E-state index contributed by atoms with van der Waals surface area (Å²) in [6.45, 7) is 15.0. The van der Waals surface area contributed by atoms with Crippen molar-refractivity contribution in [2.75, 3.05) is 52.9 Å². The Morgan fingerprint density at radius 2 is 1.33 bits per heavy atom. The maximum atomic E-state index is 3.20. The Morgan fingerprint density at radius 3 is 1.80 bits per heavy atom. The van der Waals surface area contributed by atoms with Gasteiger partial charge >= 0.3 is 0 Å². The van der Waals surface area contributed by atoms with E-state index >= 15 is 0 Å². The lowest BCUT2D eigenvalue weighted by Crippen LogP contribution is -2.36. The molecular formula is C12H29N3. The zero-order chi connectivity index (χ0) is 11.5. The Balaban J connectivity index is 3.59. The Morgan fingerprint density at radius 1 is 0.800 bits per heavy atom. The molecular weight excluding hydrogens is 186 g/mol. The lowest BCUT2D eigenvalue weighted by molar-refractivity contribution is 0.219. The molecule has 0 saturated heterocycles. The van der Waals surface area contributed by atoms with Gasteiger partial charge in [-0.1, -0.05) is 20.8 Å². The molecule has 15 heavy (non-hydrogen) atoms. The van der Waals surface area contributed by atoms with Gasteiger partial charge in [-0.3, -0.25) is 0 Å². The Hall–Kier alpha value is -0.120. The standard InChI is InChI=1S/C12H29N3/c1-5-14(6-2)11-12-15(7-3)10-8-9-13-4/h13H,5-12H2,1-4H3.